The van der Waals surface area contributed by atoms with Crippen molar-refractivity contribution in [2.45, 2.75) is 5.92 Å². The average Bonchev–Trinajstić information content (AvgIpc) is 3.28. The van der Waals surface area contributed by atoms with Gasteiger partial charge in [0, 0.05) is 28.3 Å². The second kappa shape index (κ2) is 8.26. The SMILES string of the molecule is N#CC1=C(c2ccccc2)Nc2n[nH]c(-c3ccc([N+](=O)[O-])cc3)c2C1c1ccc(Cl)cc1. The van der Waals surface area contributed by atoms with Crippen LogP contribution in [0.15, 0.2) is 84.4 Å². The standard InChI is InChI=1S/C25H16ClN5O2/c26-18-10-6-15(7-11-18)21-20(14-27)23(16-4-2-1-3-5-16)28-25-22(21)24(29-30-25)17-8-12-19(13-9-17)31(32)33/h1-13,21H,(H2,28,29,30). The summed E-state index contributed by atoms with van der Waals surface area (Å²) in [5.74, 6) is 0.184. The predicted molar refractivity (Wildman–Crippen MR) is 127 cm³/mol. The van der Waals surface area contributed by atoms with Gasteiger partial charge in [-0.1, -0.05) is 54.1 Å². The maximum Gasteiger partial charge on any atom is 0.269 e. The highest BCUT2D eigenvalue weighted by Crippen LogP contribution is 2.47. The number of hydrogen-bond donors (Lipinski definition) is 2. The number of non-ortho nitro benzene ring substituents is 1. The van der Waals surface area contributed by atoms with Crippen molar-refractivity contribution < 1.29 is 4.92 Å². The van der Waals surface area contributed by atoms with Crippen molar-refractivity contribution in [1.82, 2.24) is 10.2 Å². The highest BCUT2D eigenvalue weighted by Gasteiger charge is 2.35. The Balaban J connectivity index is 1.72. The number of nitrogens with one attached hydrogen (secondary N) is 2. The Morgan fingerprint density at radius 1 is 0.970 bits per heavy atom. The van der Waals surface area contributed by atoms with E-state index in [9.17, 15) is 15.4 Å². The maximum absolute atomic E-state index is 11.1. The van der Waals surface area contributed by atoms with Crippen molar-refractivity contribution in [3.05, 3.63) is 116 Å². The second-order valence-corrected chi connectivity index (χ2v) is 7.98. The zero-order valence-corrected chi connectivity index (χ0v) is 17.9. The summed E-state index contributed by atoms with van der Waals surface area (Å²) in [4.78, 5) is 10.6. The van der Waals surface area contributed by atoms with Crippen LogP contribution in [0.1, 0.15) is 22.6 Å². The van der Waals surface area contributed by atoms with Crippen LogP contribution in [0, 0.1) is 21.4 Å². The fraction of sp³-hybridized carbons (Fsp3) is 0.0400. The molecular formula is C25H16ClN5O2. The lowest BCUT2D eigenvalue weighted by atomic mass is 9.80. The molecule has 7 nitrogen and oxygen atoms in total. The second-order valence-electron chi connectivity index (χ2n) is 7.54. The molecule has 2 N–H and O–H groups in total. The van der Waals surface area contributed by atoms with E-state index >= 15 is 0 Å². The molecule has 0 aliphatic carbocycles. The van der Waals surface area contributed by atoms with E-state index in [-0.39, 0.29) is 5.69 Å². The number of aromatic amines is 1. The molecule has 160 valence electrons. The van der Waals surface area contributed by atoms with Crippen molar-refractivity contribution in [1.29, 1.82) is 5.26 Å². The summed E-state index contributed by atoms with van der Waals surface area (Å²) in [7, 11) is 0. The van der Waals surface area contributed by atoms with Gasteiger partial charge in [-0.2, -0.15) is 10.4 Å². The molecule has 0 amide bonds. The number of nitro benzene ring substituents is 1. The molecule has 8 heteroatoms. The maximum atomic E-state index is 11.1. The third-order valence-electron chi connectivity index (χ3n) is 5.65. The van der Waals surface area contributed by atoms with E-state index in [1.54, 1.807) is 24.3 Å². The Morgan fingerprint density at radius 2 is 1.67 bits per heavy atom. The molecule has 3 aromatic carbocycles. The van der Waals surface area contributed by atoms with E-state index in [1.165, 1.54) is 12.1 Å². The van der Waals surface area contributed by atoms with Gasteiger partial charge in [0.25, 0.3) is 5.69 Å². The van der Waals surface area contributed by atoms with Crippen LogP contribution in [-0.4, -0.2) is 15.1 Å². The van der Waals surface area contributed by atoms with E-state index in [0.29, 0.717) is 27.8 Å². The molecular weight excluding hydrogens is 438 g/mol. The van der Waals surface area contributed by atoms with Crippen molar-refractivity contribution >= 4 is 28.8 Å². The summed E-state index contributed by atoms with van der Waals surface area (Å²) in [5.41, 5.74) is 5.21. The molecule has 1 aliphatic rings. The molecule has 1 unspecified atom stereocenters. The number of fused-ring (bicyclic) bond motifs is 1. The van der Waals surface area contributed by atoms with Crippen LogP contribution in [0.2, 0.25) is 5.02 Å². The lowest BCUT2D eigenvalue weighted by Gasteiger charge is -2.27. The minimum absolute atomic E-state index is 0.00322. The first-order valence-corrected chi connectivity index (χ1v) is 10.5. The quantitative estimate of drug-likeness (QED) is 0.285. The van der Waals surface area contributed by atoms with Gasteiger partial charge in [-0.25, -0.2) is 0 Å². The first-order valence-electron chi connectivity index (χ1n) is 10.1. The number of nitro groups is 1. The summed E-state index contributed by atoms with van der Waals surface area (Å²) < 4.78 is 0. The number of aromatic nitrogens is 2. The van der Waals surface area contributed by atoms with Gasteiger partial charge in [0.1, 0.15) is 0 Å². The Bertz CT molecular complexity index is 1420. The molecule has 33 heavy (non-hydrogen) atoms. The molecule has 1 aromatic heterocycles. The van der Waals surface area contributed by atoms with Crippen molar-refractivity contribution in [2.24, 2.45) is 0 Å². The lowest BCUT2D eigenvalue weighted by molar-refractivity contribution is -0.384. The van der Waals surface area contributed by atoms with Gasteiger partial charge in [-0.3, -0.25) is 15.2 Å². The first kappa shape index (κ1) is 20.5. The molecule has 0 saturated heterocycles. The van der Waals surface area contributed by atoms with Gasteiger partial charge in [0.2, 0.25) is 0 Å². The molecule has 1 aliphatic heterocycles. The fourth-order valence-corrected chi connectivity index (χ4v) is 4.24. The third-order valence-corrected chi connectivity index (χ3v) is 5.90. The van der Waals surface area contributed by atoms with Gasteiger partial charge >= 0.3 is 0 Å². The Hall–Kier alpha value is -4.41. The van der Waals surface area contributed by atoms with Crippen LogP contribution >= 0.6 is 11.6 Å². The number of halogens is 1. The minimum Gasteiger partial charge on any atom is -0.337 e. The van der Waals surface area contributed by atoms with Crippen LogP contribution in [0.4, 0.5) is 11.5 Å². The molecule has 1 atom stereocenters. The highest BCUT2D eigenvalue weighted by atomic mass is 35.5. The lowest BCUT2D eigenvalue weighted by Crippen LogP contribution is -2.17. The van der Waals surface area contributed by atoms with Crippen molar-refractivity contribution in [3.8, 4) is 17.3 Å². The molecule has 2 heterocycles. The largest absolute Gasteiger partial charge is 0.337 e. The fourth-order valence-electron chi connectivity index (χ4n) is 4.11. The molecule has 0 radical (unpaired) electrons. The van der Waals surface area contributed by atoms with Gasteiger partial charge in [0.05, 0.1) is 33.9 Å². The number of benzene rings is 3. The normalized spacial score (nSPS) is 14.8. The summed E-state index contributed by atoms with van der Waals surface area (Å²) in [5, 5.41) is 32.8. The first-order chi connectivity index (χ1) is 16.1. The van der Waals surface area contributed by atoms with E-state index in [1.807, 2.05) is 42.5 Å². The number of H-pyrrole nitrogens is 1. The predicted octanol–water partition coefficient (Wildman–Crippen LogP) is 6.13. The monoisotopic (exact) mass is 453 g/mol. The number of rotatable bonds is 4. The van der Waals surface area contributed by atoms with Gasteiger partial charge in [0.15, 0.2) is 5.82 Å². The Labute approximate surface area is 194 Å². The molecule has 5 rings (SSSR count). The molecule has 4 aromatic rings. The minimum atomic E-state index is -0.438. The van der Waals surface area contributed by atoms with Crippen molar-refractivity contribution in [2.75, 3.05) is 5.32 Å². The van der Waals surface area contributed by atoms with Crippen LogP contribution in [0.25, 0.3) is 17.0 Å². The van der Waals surface area contributed by atoms with Crippen LogP contribution in [-0.2, 0) is 0 Å². The zero-order valence-electron chi connectivity index (χ0n) is 17.1. The molecule has 0 saturated carbocycles. The van der Waals surface area contributed by atoms with Gasteiger partial charge in [-0.05, 0) is 35.4 Å². The number of allylic oxidation sites excluding steroid dienone is 1. The van der Waals surface area contributed by atoms with E-state index in [4.69, 9.17) is 11.6 Å². The summed E-state index contributed by atoms with van der Waals surface area (Å²) in [6.07, 6.45) is 0. The highest BCUT2D eigenvalue weighted by molar-refractivity contribution is 6.30. The number of nitriles is 1. The number of hydrogen-bond acceptors (Lipinski definition) is 5. The zero-order chi connectivity index (χ0) is 22.9. The Morgan fingerprint density at radius 3 is 2.30 bits per heavy atom. The molecule has 0 fully saturated rings. The Kier molecular flexibility index (Phi) is 5.13. The number of nitrogens with zero attached hydrogens (tertiary/aromatic N) is 3. The third kappa shape index (κ3) is 3.63. The molecule has 0 spiro atoms. The summed E-state index contributed by atoms with van der Waals surface area (Å²) >= 11 is 6.13. The van der Waals surface area contributed by atoms with Gasteiger partial charge < -0.3 is 5.32 Å². The summed E-state index contributed by atoms with van der Waals surface area (Å²) in [6, 6.07) is 25.7. The van der Waals surface area contributed by atoms with Gasteiger partial charge in [-0.15, -0.1) is 0 Å². The van der Waals surface area contributed by atoms with Crippen LogP contribution in [0.5, 0.6) is 0 Å². The number of anilines is 1. The van der Waals surface area contributed by atoms with Crippen molar-refractivity contribution in [3.63, 3.8) is 0 Å². The average molecular weight is 454 g/mol. The van der Waals surface area contributed by atoms with E-state index in [2.05, 4.69) is 21.6 Å². The van der Waals surface area contributed by atoms with E-state index < -0.39 is 10.8 Å². The van der Waals surface area contributed by atoms with Crippen LogP contribution < -0.4 is 5.32 Å². The smallest absolute Gasteiger partial charge is 0.269 e. The van der Waals surface area contributed by atoms with Crippen LogP contribution in [0.3, 0.4) is 0 Å². The topological polar surface area (TPSA) is 108 Å². The molecule has 0 bridgehead atoms. The summed E-state index contributed by atoms with van der Waals surface area (Å²) in [6.45, 7) is 0. The van der Waals surface area contributed by atoms with E-state index in [0.717, 1.165) is 22.3 Å².